The molecular formula is C30H48O6. The lowest BCUT2D eigenvalue weighted by atomic mass is 9.32. The van der Waals surface area contributed by atoms with Gasteiger partial charge in [-0.25, -0.2) is 0 Å². The monoisotopic (exact) mass is 504 g/mol. The van der Waals surface area contributed by atoms with Gasteiger partial charge in [0, 0.05) is 11.3 Å². The highest BCUT2D eigenvalue weighted by Crippen LogP contribution is 2.76. The molecule has 0 amide bonds. The van der Waals surface area contributed by atoms with E-state index in [1.165, 1.54) is 0 Å². The molecule has 4 fully saturated rings. The van der Waals surface area contributed by atoms with Crippen LogP contribution in [0.2, 0.25) is 0 Å². The first-order chi connectivity index (χ1) is 16.4. The molecule has 0 heterocycles. The van der Waals surface area contributed by atoms with Crippen LogP contribution in [0.5, 0.6) is 0 Å². The van der Waals surface area contributed by atoms with Crippen molar-refractivity contribution in [3.05, 3.63) is 11.6 Å². The van der Waals surface area contributed by atoms with E-state index in [1.807, 2.05) is 27.7 Å². The van der Waals surface area contributed by atoms with Gasteiger partial charge in [0.15, 0.2) is 0 Å². The van der Waals surface area contributed by atoms with E-state index in [0.29, 0.717) is 25.7 Å². The van der Waals surface area contributed by atoms with Crippen molar-refractivity contribution in [2.75, 3.05) is 0 Å². The van der Waals surface area contributed by atoms with Gasteiger partial charge in [-0.2, -0.15) is 0 Å². The van der Waals surface area contributed by atoms with Crippen molar-refractivity contribution in [1.82, 2.24) is 0 Å². The molecule has 4 saturated carbocycles. The fraction of sp³-hybridized carbons (Fsp3) is 0.900. The second-order valence-electron chi connectivity index (χ2n) is 14.9. The second-order valence-corrected chi connectivity index (χ2v) is 14.9. The predicted molar refractivity (Wildman–Crippen MR) is 137 cm³/mol. The number of hydrogen-bond acceptors (Lipinski definition) is 5. The molecule has 12 atom stereocenters. The summed E-state index contributed by atoms with van der Waals surface area (Å²) in [6.45, 7) is 14.7. The minimum Gasteiger partial charge on any atom is -0.481 e. The SMILES string of the molecule is C[C@@H]1CC[C@]2(C(=O)O)CC[C@]3(C)C(=CC[C@@H]4[C@]5(C)[C@H](CC[C@]43C)C(C)(C)[C@@H](O)[C@@H](O)[C@@H]5O)[C@H]2[C@]1(C)O. The van der Waals surface area contributed by atoms with Gasteiger partial charge in [-0.3, -0.25) is 4.79 Å². The Bertz CT molecular complexity index is 986. The van der Waals surface area contributed by atoms with E-state index in [0.717, 1.165) is 24.8 Å². The van der Waals surface area contributed by atoms with Crippen LogP contribution < -0.4 is 0 Å². The molecule has 5 aliphatic carbocycles. The van der Waals surface area contributed by atoms with E-state index in [4.69, 9.17) is 0 Å². The van der Waals surface area contributed by atoms with Gasteiger partial charge in [-0.05, 0) is 85.9 Å². The highest BCUT2D eigenvalue weighted by Gasteiger charge is 2.73. The number of aliphatic hydroxyl groups is 4. The topological polar surface area (TPSA) is 118 Å². The van der Waals surface area contributed by atoms with E-state index < -0.39 is 52.0 Å². The van der Waals surface area contributed by atoms with Crippen LogP contribution in [0.15, 0.2) is 11.6 Å². The summed E-state index contributed by atoms with van der Waals surface area (Å²) in [5.74, 6) is -1.10. The fourth-order valence-corrected chi connectivity index (χ4v) is 10.9. The highest BCUT2D eigenvalue weighted by atomic mass is 16.4. The molecule has 6 nitrogen and oxygen atoms in total. The average molecular weight is 505 g/mol. The molecule has 0 unspecified atom stereocenters. The highest BCUT2D eigenvalue weighted by molar-refractivity contribution is 5.77. The lowest BCUT2D eigenvalue weighted by Gasteiger charge is -2.72. The summed E-state index contributed by atoms with van der Waals surface area (Å²) in [5, 5.41) is 55.9. The number of aliphatic carboxylic acids is 1. The number of rotatable bonds is 1. The molecule has 0 aromatic heterocycles. The van der Waals surface area contributed by atoms with Crippen molar-refractivity contribution in [1.29, 1.82) is 0 Å². The van der Waals surface area contributed by atoms with Crippen LogP contribution in [0.3, 0.4) is 0 Å². The second kappa shape index (κ2) is 7.58. The molecule has 5 rings (SSSR count). The molecule has 6 heteroatoms. The maximum absolute atomic E-state index is 12.8. The molecule has 204 valence electrons. The van der Waals surface area contributed by atoms with Crippen molar-refractivity contribution in [2.24, 2.45) is 50.7 Å². The number of carboxylic acids is 1. The van der Waals surface area contributed by atoms with Crippen molar-refractivity contribution >= 4 is 5.97 Å². The molecule has 0 aromatic carbocycles. The summed E-state index contributed by atoms with van der Waals surface area (Å²) >= 11 is 0. The van der Waals surface area contributed by atoms with Gasteiger partial charge in [0.05, 0.1) is 23.2 Å². The molecule has 5 N–H and O–H groups in total. The van der Waals surface area contributed by atoms with Crippen molar-refractivity contribution in [3.8, 4) is 0 Å². The van der Waals surface area contributed by atoms with Crippen LogP contribution in [0, 0.1) is 50.7 Å². The lowest BCUT2D eigenvalue weighted by Crippen LogP contribution is -2.72. The summed E-state index contributed by atoms with van der Waals surface area (Å²) in [6, 6.07) is 0. The number of allylic oxidation sites excluding steroid dienone is 1. The Morgan fingerprint density at radius 1 is 0.889 bits per heavy atom. The number of carboxylic acid groups (broad SMARTS) is 1. The van der Waals surface area contributed by atoms with E-state index in [1.54, 1.807) is 0 Å². The van der Waals surface area contributed by atoms with Crippen LogP contribution in [-0.4, -0.2) is 55.4 Å². The minimum atomic E-state index is -1.20. The summed E-state index contributed by atoms with van der Waals surface area (Å²) in [5.41, 5.74) is -2.63. The number of aliphatic hydroxyl groups excluding tert-OH is 3. The lowest BCUT2D eigenvalue weighted by molar-refractivity contribution is -0.279. The molecule has 0 bridgehead atoms. The summed E-state index contributed by atoms with van der Waals surface area (Å²) in [6.07, 6.45) is 4.02. The molecule has 0 radical (unpaired) electrons. The molecule has 5 aliphatic rings. The Morgan fingerprint density at radius 2 is 1.53 bits per heavy atom. The van der Waals surface area contributed by atoms with Crippen LogP contribution >= 0.6 is 0 Å². The third-order valence-corrected chi connectivity index (χ3v) is 13.6. The van der Waals surface area contributed by atoms with Crippen LogP contribution in [0.1, 0.15) is 93.4 Å². The Morgan fingerprint density at radius 3 is 2.14 bits per heavy atom. The Balaban J connectivity index is 1.67. The van der Waals surface area contributed by atoms with Gasteiger partial charge in [0.2, 0.25) is 0 Å². The van der Waals surface area contributed by atoms with Crippen LogP contribution in [0.4, 0.5) is 0 Å². The largest absolute Gasteiger partial charge is 0.481 e. The first-order valence-corrected chi connectivity index (χ1v) is 14.1. The Labute approximate surface area is 216 Å². The third kappa shape index (κ3) is 2.80. The summed E-state index contributed by atoms with van der Waals surface area (Å²) in [7, 11) is 0. The van der Waals surface area contributed by atoms with Crippen LogP contribution in [0.25, 0.3) is 0 Å². The van der Waals surface area contributed by atoms with Gasteiger partial charge in [0.25, 0.3) is 0 Å². The van der Waals surface area contributed by atoms with Crippen molar-refractivity contribution < 1.29 is 30.3 Å². The van der Waals surface area contributed by atoms with E-state index >= 15 is 0 Å². The van der Waals surface area contributed by atoms with E-state index in [-0.39, 0.29) is 28.6 Å². The Kier molecular flexibility index (Phi) is 5.61. The number of fused-ring (bicyclic) bond motifs is 7. The average Bonchev–Trinajstić information content (AvgIpc) is 2.79. The van der Waals surface area contributed by atoms with Gasteiger partial charge in [-0.1, -0.05) is 53.2 Å². The van der Waals surface area contributed by atoms with Crippen molar-refractivity contribution in [3.63, 3.8) is 0 Å². The predicted octanol–water partition coefficient (Wildman–Crippen LogP) is 4.15. The van der Waals surface area contributed by atoms with Gasteiger partial charge in [0.1, 0.15) is 6.10 Å². The molecule has 0 aromatic rings. The van der Waals surface area contributed by atoms with Gasteiger partial charge in [-0.15, -0.1) is 0 Å². The smallest absolute Gasteiger partial charge is 0.310 e. The molecule has 0 aliphatic heterocycles. The van der Waals surface area contributed by atoms with E-state index in [9.17, 15) is 30.3 Å². The number of carbonyl (C=O) groups is 1. The first-order valence-electron chi connectivity index (χ1n) is 14.1. The fourth-order valence-electron chi connectivity index (χ4n) is 10.9. The van der Waals surface area contributed by atoms with Crippen LogP contribution in [-0.2, 0) is 4.79 Å². The molecule has 36 heavy (non-hydrogen) atoms. The molecule has 0 saturated heterocycles. The quantitative estimate of drug-likeness (QED) is 0.343. The summed E-state index contributed by atoms with van der Waals surface area (Å²) in [4.78, 5) is 12.8. The standard InChI is InChI=1S/C30H48O6/c1-16-10-13-30(24(34)35)15-14-26(4)17(21(30)29(16,7)36)8-9-19-27(26,5)12-11-18-25(2,3)22(32)20(31)23(33)28(18,19)6/h8,16,18-23,31-33,36H,9-15H2,1-7H3,(H,34,35)/t16-,18-,19+,20-,21+,22+,23+,26-,27-,28+,29-,30+/m1/s1. The van der Waals surface area contributed by atoms with E-state index in [2.05, 4.69) is 26.8 Å². The van der Waals surface area contributed by atoms with Gasteiger partial charge >= 0.3 is 5.97 Å². The number of hydrogen-bond donors (Lipinski definition) is 5. The zero-order valence-electron chi connectivity index (χ0n) is 23.2. The summed E-state index contributed by atoms with van der Waals surface area (Å²) < 4.78 is 0. The molecular weight excluding hydrogens is 456 g/mol. The maximum Gasteiger partial charge on any atom is 0.310 e. The normalized spacial score (nSPS) is 58.0. The first kappa shape index (κ1) is 26.6. The maximum atomic E-state index is 12.8. The third-order valence-electron chi connectivity index (χ3n) is 13.6. The zero-order chi connectivity index (χ0) is 26.9. The minimum absolute atomic E-state index is 0.00890. The Hall–Kier alpha value is -0.950. The van der Waals surface area contributed by atoms with Crippen molar-refractivity contribution in [2.45, 2.75) is 117 Å². The van der Waals surface area contributed by atoms with Gasteiger partial charge < -0.3 is 25.5 Å². The molecule has 0 spiro atoms. The zero-order valence-corrected chi connectivity index (χ0v) is 23.2.